The average molecular weight is 359 g/mol. The molecule has 1 atom stereocenters. The van der Waals surface area contributed by atoms with Gasteiger partial charge in [-0.1, -0.05) is 0 Å². The molecule has 3 aromatic rings. The van der Waals surface area contributed by atoms with E-state index in [-0.39, 0.29) is 11.8 Å². The molecule has 1 fully saturated rings. The Bertz CT molecular complexity index is 790. The number of thiophene rings is 2. The summed E-state index contributed by atoms with van der Waals surface area (Å²) in [6, 6.07) is 5.70. The van der Waals surface area contributed by atoms with Gasteiger partial charge in [-0.2, -0.15) is 11.3 Å². The SMILES string of the molecule is O=C(c1nccn1-c1cccs1)[C@H](c1ccsc1)N1CCOCC1. The fraction of sp³-hybridized carbons (Fsp3) is 0.294. The van der Waals surface area contributed by atoms with Gasteiger partial charge >= 0.3 is 0 Å². The molecule has 3 aromatic heterocycles. The second-order valence-electron chi connectivity index (χ2n) is 5.54. The van der Waals surface area contributed by atoms with E-state index in [0.29, 0.717) is 19.0 Å². The van der Waals surface area contributed by atoms with E-state index in [1.54, 1.807) is 28.9 Å². The molecule has 0 N–H and O–H groups in total. The number of imidazole rings is 1. The molecule has 1 aliphatic heterocycles. The van der Waals surface area contributed by atoms with Gasteiger partial charge in [0, 0.05) is 25.5 Å². The first-order valence-corrected chi connectivity index (χ1v) is 9.62. The van der Waals surface area contributed by atoms with E-state index < -0.39 is 0 Å². The Kier molecular flexibility index (Phi) is 4.57. The lowest BCUT2D eigenvalue weighted by molar-refractivity contribution is 0.0169. The van der Waals surface area contributed by atoms with Crippen molar-refractivity contribution >= 4 is 28.5 Å². The van der Waals surface area contributed by atoms with E-state index in [1.807, 2.05) is 39.7 Å². The zero-order valence-electron chi connectivity index (χ0n) is 13.0. The standard InChI is InChI=1S/C17H17N3O2S2/c21-16(17-18-4-5-20(17)14-2-1-10-24-14)15(13-3-11-23-12-13)19-6-8-22-9-7-19/h1-5,10-12,15H,6-9H2/t15-/m0/s1. The molecule has 0 spiro atoms. The molecule has 124 valence electrons. The highest BCUT2D eigenvalue weighted by Gasteiger charge is 2.32. The number of rotatable bonds is 5. The minimum absolute atomic E-state index is 0.0358. The number of aromatic nitrogens is 2. The topological polar surface area (TPSA) is 47.4 Å². The zero-order valence-corrected chi connectivity index (χ0v) is 14.6. The highest BCUT2D eigenvalue weighted by atomic mass is 32.1. The van der Waals surface area contributed by atoms with Crippen LogP contribution < -0.4 is 0 Å². The summed E-state index contributed by atoms with van der Waals surface area (Å²) < 4.78 is 7.33. The predicted molar refractivity (Wildman–Crippen MR) is 95.2 cm³/mol. The van der Waals surface area contributed by atoms with Crippen LogP contribution in [0.2, 0.25) is 0 Å². The van der Waals surface area contributed by atoms with Gasteiger partial charge in [0.1, 0.15) is 11.0 Å². The Labute approximate surface area is 148 Å². The highest BCUT2D eigenvalue weighted by molar-refractivity contribution is 7.12. The van der Waals surface area contributed by atoms with Gasteiger partial charge in [0.15, 0.2) is 5.82 Å². The smallest absolute Gasteiger partial charge is 0.220 e. The van der Waals surface area contributed by atoms with E-state index >= 15 is 0 Å². The summed E-state index contributed by atoms with van der Waals surface area (Å²) >= 11 is 3.21. The lowest BCUT2D eigenvalue weighted by atomic mass is 10.0. The van der Waals surface area contributed by atoms with E-state index in [2.05, 4.69) is 15.3 Å². The summed E-state index contributed by atoms with van der Waals surface area (Å²) in [5.74, 6) is 0.522. The van der Waals surface area contributed by atoms with Gasteiger partial charge < -0.3 is 4.74 Å². The molecule has 24 heavy (non-hydrogen) atoms. The van der Waals surface area contributed by atoms with Gasteiger partial charge in [-0.15, -0.1) is 11.3 Å². The zero-order chi connectivity index (χ0) is 16.4. The third-order valence-electron chi connectivity index (χ3n) is 4.12. The molecule has 4 heterocycles. The third kappa shape index (κ3) is 2.95. The molecule has 7 heteroatoms. The van der Waals surface area contributed by atoms with Gasteiger partial charge in [-0.05, 0) is 39.9 Å². The molecule has 0 radical (unpaired) electrons. The number of carbonyl (C=O) groups excluding carboxylic acids is 1. The molecule has 0 amide bonds. The number of morpholine rings is 1. The number of ether oxygens (including phenoxy) is 1. The molecule has 0 aromatic carbocycles. The average Bonchev–Trinajstić information content (AvgIpc) is 3.37. The van der Waals surface area contributed by atoms with Gasteiger partial charge in [0.2, 0.25) is 5.78 Å². The Hall–Kier alpha value is -1.80. The van der Waals surface area contributed by atoms with E-state index in [4.69, 9.17) is 4.74 Å². The van der Waals surface area contributed by atoms with E-state index in [1.165, 1.54) is 0 Å². The molecule has 0 aliphatic carbocycles. The number of carbonyl (C=O) groups is 1. The Morgan fingerprint density at radius 1 is 1.25 bits per heavy atom. The van der Waals surface area contributed by atoms with Crippen molar-refractivity contribution in [3.63, 3.8) is 0 Å². The second kappa shape index (κ2) is 6.98. The monoisotopic (exact) mass is 359 g/mol. The molecule has 0 saturated carbocycles. The molecule has 4 rings (SSSR count). The van der Waals surface area contributed by atoms with Gasteiger partial charge in [0.05, 0.1) is 13.2 Å². The summed E-state index contributed by atoms with van der Waals surface area (Å²) in [7, 11) is 0. The fourth-order valence-electron chi connectivity index (χ4n) is 2.99. The van der Waals surface area contributed by atoms with Crippen LogP contribution in [0.15, 0.2) is 46.7 Å². The van der Waals surface area contributed by atoms with Crippen molar-refractivity contribution in [2.24, 2.45) is 0 Å². The summed E-state index contributed by atoms with van der Waals surface area (Å²) in [5.41, 5.74) is 1.03. The second-order valence-corrected chi connectivity index (χ2v) is 7.25. The number of hydrogen-bond donors (Lipinski definition) is 0. The normalized spacial score (nSPS) is 17.0. The van der Waals surface area contributed by atoms with Gasteiger partial charge in [0.25, 0.3) is 0 Å². The minimum Gasteiger partial charge on any atom is -0.379 e. The van der Waals surface area contributed by atoms with Crippen LogP contribution in [0.1, 0.15) is 22.2 Å². The van der Waals surface area contributed by atoms with Crippen LogP contribution in [0.3, 0.4) is 0 Å². The first-order valence-electron chi connectivity index (χ1n) is 7.80. The first-order chi connectivity index (χ1) is 11.8. The molecule has 1 aliphatic rings. The lowest BCUT2D eigenvalue weighted by Crippen LogP contribution is -2.42. The highest BCUT2D eigenvalue weighted by Crippen LogP contribution is 2.28. The van der Waals surface area contributed by atoms with Crippen molar-refractivity contribution < 1.29 is 9.53 Å². The summed E-state index contributed by atoms with van der Waals surface area (Å²) in [6.45, 7) is 2.83. The Morgan fingerprint density at radius 2 is 2.12 bits per heavy atom. The van der Waals surface area contributed by atoms with E-state index in [0.717, 1.165) is 23.7 Å². The molecular formula is C17H17N3O2S2. The Balaban J connectivity index is 1.71. The maximum absolute atomic E-state index is 13.4. The van der Waals surface area contributed by atoms with Crippen LogP contribution in [-0.2, 0) is 4.74 Å². The van der Waals surface area contributed by atoms with E-state index in [9.17, 15) is 4.79 Å². The maximum Gasteiger partial charge on any atom is 0.220 e. The summed E-state index contributed by atoms with van der Waals surface area (Å²) in [4.78, 5) is 19.9. The largest absolute Gasteiger partial charge is 0.379 e. The number of ketones is 1. The van der Waals surface area contributed by atoms with Crippen molar-refractivity contribution in [3.05, 3.63) is 58.1 Å². The molecule has 5 nitrogen and oxygen atoms in total. The van der Waals surface area contributed by atoms with Crippen molar-refractivity contribution in [2.45, 2.75) is 6.04 Å². The number of Topliss-reactive ketones (excluding diaryl/α,β-unsaturated/α-hetero) is 1. The minimum atomic E-state index is -0.304. The summed E-state index contributed by atoms with van der Waals surface area (Å²) in [6.07, 6.45) is 3.54. The van der Waals surface area contributed by atoms with Crippen molar-refractivity contribution in [1.82, 2.24) is 14.5 Å². The first kappa shape index (κ1) is 15.7. The lowest BCUT2D eigenvalue weighted by Gasteiger charge is -2.33. The fourth-order valence-corrected chi connectivity index (χ4v) is 4.38. The van der Waals surface area contributed by atoms with Crippen LogP contribution in [0.5, 0.6) is 0 Å². The van der Waals surface area contributed by atoms with Crippen LogP contribution in [-0.4, -0.2) is 46.5 Å². The molecule has 1 saturated heterocycles. The van der Waals surface area contributed by atoms with Crippen LogP contribution in [0, 0.1) is 0 Å². The predicted octanol–water partition coefficient (Wildman–Crippen LogP) is 3.25. The van der Waals surface area contributed by atoms with Crippen LogP contribution in [0.4, 0.5) is 0 Å². The van der Waals surface area contributed by atoms with Crippen LogP contribution >= 0.6 is 22.7 Å². The van der Waals surface area contributed by atoms with Gasteiger partial charge in [-0.25, -0.2) is 4.98 Å². The molecule has 0 bridgehead atoms. The van der Waals surface area contributed by atoms with Gasteiger partial charge in [-0.3, -0.25) is 14.3 Å². The van der Waals surface area contributed by atoms with Crippen LogP contribution in [0.25, 0.3) is 5.00 Å². The Morgan fingerprint density at radius 3 is 2.83 bits per heavy atom. The summed E-state index contributed by atoms with van der Waals surface area (Å²) in [5, 5.41) is 7.07. The quantitative estimate of drug-likeness (QED) is 0.656. The molecular weight excluding hydrogens is 342 g/mol. The van der Waals surface area contributed by atoms with Crippen molar-refractivity contribution in [3.8, 4) is 5.00 Å². The maximum atomic E-state index is 13.4. The third-order valence-corrected chi connectivity index (χ3v) is 5.69. The number of nitrogens with zero attached hydrogens (tertiary/aromatic N) is 3. The molecule has 0 unspecified atom stereocenters. The van der Waals surface area contributed by atoms with Crippen molar-refractivity contribution in [1.29, 1.82) is 0 Å². The van der Waals surface area contributed by atoms with Crippen molar-refractivity contribution in [2.75, 3.05) is 26.3 Å². The number of hydrogen-bond acceptors (Lipinski definition) is 6.